The number of ether oxygens (including phenoxy) is 1. The van der Waals surface area contributed by atoms with Crippen molar-refractivity contribution < 1.29 is 19.4 Å². The number of nitrogens with zero attached hydrogens (tertiary/aromatic N) is 1. The molecule has 0 saturated carbocycles. The number of amides is 1. The topological polar surface area (TPSA) is 78.9 Å². The second-order valence-corrected chi connectivity index (χ2v) is 5.68. The summed E-state index contributed by atoms with van der Waals surface area (Å²) in [6.45, 7) is 2.19. The number of aliphatic carboxylic acids is 1. The molecule has 3 heterocycles. The molecule has 0 aromatic carbocycles. The number of carbonyl (C=O) groups excluding carboxylic acids is 1. The predicted molar refractivity (Wildman–Crippen MR) is 66.7 cm³/mol. The van der Waals surface area contributed by atoms with Crippen LogP contribution in [0.3, 0.4) is 0 Å². The average Bonchev–Trinajstić information content (AvgIpc) is 3.05. The van der Waals surface area contributed by atoms with Crippen LogP contribution in [0.2, 0.25) is 0 Å². The molecule has 3 fully saturated rings. The lowest BCUT2D eigenvalue weighted by molar-refractivity contribution is -0.151. The predicted octanol–water partition coefficient (Wildman–Crippen LogP) is -0.0285. The minimum atomic E-state index is -0.974. The monoisotopic (exact) mass is 268 g/mol. The van der Waals surface area contributed by atoms with Gasteiger partial charge < -0.3 is 15.2 Å². The fourth-order valence-electron chi connectivity index (χ4n) is 3.54. The molecule has 0 aromatic rings. The normalized spacial score (nSPS) is 38.3. The highest BCUT2D eigenvalue weighted by molar-refractivity contribution is 5.83. The van der Waals surface area contributed by atoms with Gasteiger partial charge in [0.25, 0.3) is 0 Å². The van der Waals surface area contributed by atoms with Gasteiger partial charge >= 0.3 is 5.97 Å². The minimum Gasteiger partial charge on any atom is -0.479 e. The second-order valence-electron chi connectivity index (χ2n) is 5.68. The Morgan fingerprint density at radius 3 is 2.63 bits per heavy atom. The van der Waals surface area contributed by atoms with Crippen LogP contribution in [-0.2, 0) is 14.3 Å². The molecular weight excluding hydrogens is 248 g/mol. The summed E-state index contributed by atoms with van der Waals surface area (Å²) >= 11 is 0. The Morgan fingerprint density at radius 2 is 1.89 bits per heavy atom. The van der Waals surface area contributed by atoms with Gasteiger partial charge in [-0.15, -0.1) is 0 Å². The highest BCUT2D eigenvalue weighted by Gasteiger charge is 2.40. The fraction of sp³-hybridized carbons (Fsp3) is 0.846. The van der Waals surface area contributed by atoms with Gasteiger partial charge in [-0.3, -0.25) is 9.69 Å². The van der Waals surface area contributed by atoms with Crippen LogP contribution in [0.4, 0.5) is 0 Å². The zero-order chi connectivity index (χ0) is 13.4. The summed E-state index contributed by atoms with van der Waals surface area (Å²) in [7, 11) is 0. The van der Waals surface area contributed by atoms with Crippen molar-refractivity contribution in [2.24, 2.45) is 0 Å². The summed E-state index contributed by atoms with van der Waals surface area (Å²) in [5.74, 6) is -1.11. The first-order valence-electron chi connectivity index (χ1n) is 7.08. The first kappa shape index (κ1) is 12.9. The minimum absolute atomic E-state index is 0.137. The number of nitrogens with one attached hydrogen (secondary N) is 1. The van der Waals surface area contributed by atoms with Gasteiger partial charge in [-0.1, -0.05) is 0 Å². The molecule has 3 saturated heterocycles. The van der Waals surface area contributed by atoms with E-state index in [0.29, 0.717) is 18.9 Å². The lowest BCUT2D eigenvalue weighted by atomic mass is 10.1. The van der Waals surface area contributed by atoms with Crippen LogP contribution in [0.1, 0.15) is 32.1 Å². The summed E-state index contributed by atoms with van der Waals surface area (Å²) in [4.78, 5) is 25.3. The van der Waals surface area contributed by atoms with E-state index in [1.807, 2.05) is 0 Å². The Balaban J connectivity index is 1.53. The maximum absolute atomic E-state index is 12.1. The zero-order valence-corrected chi connectivity index (χ0v) is 10.9. The van der Waals surface area contributed by atoms with Crippen LogP contribution in [0.5, 0.6) is 0 Å². The Labute approximate surface area is 112 Å². The molecule has 3 rings (SSSR count). The molecule has 3 aliphatic rings. The third kappa shape index (κ3) is 2.47. The van der Waals surface area contributed by atoms with Crippen molar-refractivity contribution in [2.75, 3.05) is 13.1 Å². The molecule has 106 valence electrons. The standard InChI is InChI=1S/C13H20N2O4/c16-12(10-3-4-11(19-10)13(17)18)14-8-5-7-15-6-1-2-9(8)15/h8-11H,1-7H2,(H,14,16)(H,17,18)/t8?,9?,10-,11+/m0/s1. The molecular formula is C13H20N2O4. The van der Waals surface area contributed by atoms with Crippen molar-refractivity contribution in [1.82, 2.24) is 10.2 Å². The number of carbonyl (C=O) groups is 2. The first-order chi connectivity index (χ1) is 9.15. The lowest BCUT2D eigenvalue weighted by Crippen LogP contribution is -2.46. The van der Waals surface area contributed by atoms with Gasteiger partial charge in [0, 0.05) is 18.6 Å². The van der Waals surface area contributed by atoms with E-state index in [4.69, 9.17) is 9.84 Å². The van der Waals surface area contributed by atoms with Gasteiger partial charge in [0.2, 0.25) is 5.91 Å². The molecule has 2 unspecified atom stereocenters. The van der Waals surface area contributed by atoms with E-state index in [0.717, 1.165) is 25.9 Å². The molecule has 19 heavy (non-hydrogen) atoms. The van der Waals surface area contributed by atoms with Crippen molar-refractivity contribution in [2.45, 2.75) is 56.4 Å². The smallest absolute Gasteiger partial charge is 0.332 e. The number of carboxylic acid groups (broad SMARTS) is 1. The SMILES string of the molecule is O=C(NC1CCN2CCCC12)[C@@H]1CC[C@H](C(=O)O)O1. The Hall–Kier alpha value is -1.14. The molecule has 2 N–H and O–H groups in total. The molecule has 0 spiro atoms. The van der Waals surface area contributed by atoms with Crippen LogP contribution in [0.15, 0.2) is 0 Å². The van der Waals surface area contributed by atoms with E-state index >= 15 is 0 Å². The van der Waals surface area contributed by atoms with Gasteiger partial charge in [0.15, 0.2) is 6.10 Å². The summed E-state index contributed by atoms with van der Waals surface area (Å²) in [5, 5.41) is 11.9. The third-order valence-corrected chi connectivity index (χ3v) is 4.52. The molecule has 0 bridgehead atoms. The van der Waals surface area contributed by atoms with Crippen LogP contribution in [-0.4, -0.2) is 59.3 Å². The third-order valence-electron chi connectivity index (χ3n) is 4.52. The van der Waals surface area contributed by atoms with Crippen LogP contribution >= 0.6 is 0 Å². The highest BCUT2D eigenvalue weighted by Crippen LogP contribution is 2.28. The van der Waals surface area contributed by atoms with Crippen LogP contribution in [0.25, 0.3) is 0 Å². The number of hydrogen-bond acceptors (Lipinski definition) is 4. The maximum atomic E-state index is 12.1. The molecule has 6 heteroatoms. The number of rotatable bonds is 3. The van der Waals surface area contributed by atoms with Gasteiger partial charge in [0.1, 0.15) is 6.10 Å². The summed E-state index contributed by atoms with van der Waals surface area (Å²) < 4.78 is 5.28. The quantitative estimate of drug-likeness (QED) is 0.751. The Morgan fingerprint density at radius 1 is 1.11 bits per heavy atom. The number of carboxylic acids is 1. The summed E-state index contributed by atoms with van der Waals surface area (Å²) in [5.41, 5.74) is 0. The van der Waals surface area contributed by atoms with E-state index < -0.39 is 18.2 Å². The molecule has 4 atom stereocenters. The zero-order valence-electron chi connectivity index (χ0n) is 10.9. The summed E-state index contributed by atoms with van der Waals surface area (Å²) in [6.07, 6.45) is 2.87. The Kier molecular flexibility index (Phi) is 3.45. The lowest BCUT2D eigenvalue weighted by Gasteiger charge is -2.22. The first-order valence-corrected chi connectivity index (χ1v) is 7.08. The summed E-state index contributed by atoms with van der Waals surface area (Å²) in [6, 6.07) is 0.683. The molecule has 0 aromatic heterocycles. The van der Waals surface area contributed by atoms with E-state index in [1.54, 1.807) is 0 Å². The molecule has 6 nitrogen and oxygen atoms in total. The van der Waals surface area contributed by atoms with E-state index in [-0.39, 0.29) is 11.9 Å². The average molecular weight is 268 g/mol. The largest absolute Gasteiger partial charge is 0.479 e. The highest BCUT2D eigenvalue weighted by atomic mass is 16.5. The number of fused-ring (bicyclic) bond motifs is 1. The van der Waals surface area contributed by atoms with Crippen LogP contribution < -0.4 is 5.32 Å². The molecule has 1 amide bonds. The molecule has 0 aliphatic carbocycles. The van der Waals surface area contributed by atoms with Crippen molar-refractivity contribution >= 4 is 11.9 Å². The maximum Gasteiger partial charge on any atom is 0.332 e. The van der Waals surface area contributed by atoms with Crippen molar-refractivity contribution in [3.63, 3.8) is 0 Å². The van der Waals surface area contributed by atoms with E-state index in [2.05, 4.69) is 10.2 Å². The van der Waals surface area contributed by atoms with Gasteiger partial charge in [-0.05, 0) is 38.6 Å². The Bertz CT molecular complexity index is 387. The fourth-order valence-corrected chi connectivity index (χ4v) is 3.54. The van der Waals surface area contributed by atoms with Crippen molar-refractivity contribution in [3.05, 3.63) is 0 Å². The van der Waals surface area contributed by atoms with Gasteiger partial charge in [-0.25, -0.2) is 4.79 Å². The second kappa shape index (κ2) is 5.09. The van der Waals surface area contributed by atoms with Gasteiger partial charge in [0.05, 0.1) is 0 Å². The molecule has 3 aliphatic heterocycles. The van der Waals surface area contributed by atoms with Crippen molar-refractivity contribution in [1.29, 1.82) is 0 Å². The molecule has 0 radical (unpaired) electrons. The van der Waals surface area contributed by atoms with E-state index in [1.165, 1.54) is 6.42 Å². The number of hydrogen-bond donors (Lipinski definition) is 2. The van der Waals surface area contributed by atoms with E-state index in [9.17, 15) is 9.59 Å². The van der Waals surface area contributed by atoms with Crippen molar-refractivity contribution in [3.8, 4) is 0 Å². The van der Waals surface area contributed by atoms with Crippen LogP contribution in [0, 0.1) is 0 Å². The van der Waals surface area contributed by atoms with Gasteiger partial charge in [-0.2, -0.15) is 0 Å².